The number of carbonyl (C=O) groups is 2. The normalized spacial score (nSPS) is 27.9. The number of ether oxygens (including phenoxy) is 4. The standard InChI is InChI=1S/C29H32N2O7.2ClH/c1-31-15-13-28-23-18-8-9-19(35-2)25(23)38-26(28)20(10-12-29(28,34)21(31)16-18)36-27(33)24(37-22(32)11-14-30)17-6-4-3-5-7-17;;/h3-10,21,24,26,34H,11-16,30H2,1-2H3;2*1H/t21-,24+,26-,28-,29+;;/m0../s1. The van der Waals surface area contributed by atoms with E-state index in [9.17, 15) is 14.7 Å². The van der Waals surface area contributed by atoms with Crippen LogP contribution < -0.4 is 15.2 Å². The fraction of sp³-hybridized carbons (Fsp3) is 0.448. The highest BCUT2D eigenvalue weighted by Crippen LogP contribution is 2.65. The lowest BCUT2D eigenvalue weighted by atomic mass is 9.50. The Morgan fingerprint density at radius 3 is 2.65 bits per heavy atom. The Morgan fingerprint density at radius 1 is 1.20 bits per heavy atom. The topological polar surface area (TPSA) is 121 Å². The number of nitrogens with zero attached hydrogens (tertiary/aromatic N) is 1. The first-order valence-corrected chi connectivity index (χ1v) is 13.0. The van der Waals surface area contributed by atoms with Gasteiger partial charge in [-0.1, -0.05) is 36.4 Å². The molecule has 216 valence electrons. The first-order chi connectivity index (χ1) is 18.3. The van der Waals surface area contributed by atoms with Crippen LogP contribution in [0.15, 0.2) is 54.3 Å². The van der Waals surface area contributed by atoms with Crippen molar-refractivity contribution in [2.75, 3.05) is 27.2 Å². The summed E-state index contributed by atoms with van der Waals surface area (Å²) >= 11 is 0. The number of halogens is 2. The van der Waals surface area contributed by atoms with Crippen molar-refractivity contribution in [3.8, 4) is 11.5 Å². The molecule has 9 nitrogen and oxygen atoms in total. The predicted octanol–water partition coefficient (Wildman–Crippen LogP) is 2.99. The summed E-state index contributed by atoms with van der Waals surface area (Å²) in [5.74, 6) is 0.157. The van der Waals surface area contributed by atoms with Gasteiger partial charge in [-0.15, -0.1) is 24.8 Å². The molecule has 11 heteroatoms. The average Bonchev–Trinajstić information content (AvgIpc) is 3.27. The monoisotopic (exact) mass is 592 g/mol. The molecule has 0 aromatic heterocycles. The van der Waals surface area contributed by atoms with Gasteiger partial charge in [0.2, 0.25) is 6.10 Å². The second kappa shape index (κ2) is 11.2. The maximum absolute atomic E-state index is 13.6. The molecular weight excluding hydrogens is 559 g/mol. The van der Waals surface area contributed by atoms with Gasteiger partial charge in [0, 0.05) is 30.1 Å². The van der Waals surface area contributed by atoms with Crippen LogP contribution in [0, 0.1) is 0 Å². The Bertz CT molecular complexity index is 1320. The third-order valence-electron chi connectivity index (χ3n) is 8.69. The molecule has 5 atom stereocenters. The van der Waals surface area contributed by atoms with Crippen LogP contribution in [0.25, 0.3) is 0 Å². The van der Waals surface area contributed by atoms with Crippen LogP contribution in [0.3, 0.4) is 0 Å². The second-order valence-electron chi connectivity index (χ2n) is 10.5. The fourth-order valence-electron chi connectivity index (χ4n) is 6.95. The number of hydrogen-bond donors (Lipinski definition) is 2. The summed E-state index contributed by atoms with van der Waals surface area (Å²) in [6, 6.07) is 12.6. The second-order valence-corrected chi connectivity index (χ2v) is 10.5. The van der Waals surface area contributed by atoms with E-state index in [1.807, 2.05) is 25.2 Å². The van der Waals surface area contributed by atoms with Gasteiger partial charge in [0.05, 0.1) is 24.5 Å². The van der Waals surface area contributed by atoms with Crippen molar-refractivity contribution in [3.63, 3.8) is 0 Å². The molecule has 2 aromatic carbocycles. The summed E-state index contributed by atoms with van der Waals surface area (Å²) in [5.41, 5.74) is 6.14. The average molecular weight is 594 g/mol. The van der Waals surface area contributed by atoms with Crippen LogP contribution >= 0.6 is 24.8 Å². The zero-order chi connectivity index (χ0) is 26.7. The third-order valence-corrected chi connectivity index (χ3v) is 8.69. The minimum Gasteiger partial charge on any atom is -0.493 e. The zero-order valence-electron chi connectivity index (χ0n) is 22.3. The number of benzene rings is 2. The summed E-state index contributed by atoms with van der Waals surface area (Å²) in [4.78, 5) is 28.1. The van der Waals surface area contributed by atoms with E-state index < -0.39 is 35.2 Å². The van der Waals surface area contributed by atoms with Gasteiger partial charge < -0.3 is 34.7 Å². The summed E-state index contributed by atoms with van der Waals surface area (Å²) < 4.78 is 23.7. The van der Waals surface area contributed by atoms with Crippen molar-refractivity contribution in [3.05, 3.63) is 71.0 Å². The summed E-state index contributed by atoms with van der Waals surface area (Å²) in [6.07, 6.45) is 1.34. The highest BCUT2D eigenvalue weighted by molar-refractivity contribution is 5.85. The van der Waals surface area contributed by atoms with Crippen molar-refractivity contribution in [1.29, 1.82) is 0 Å². The van der Waals surface area contributed by atoms with Crippen molar-refractivity contribution in [1.82, 2.24) is 4.90 Å². The molecule has 1 spiro atoms. The number of aliphatic hydroxyl groups is 1. The molecule has 2 aliphatic heterocycles. The molecule has 1 fully saturated rings. The molecule has 0 saturated carbocycles. The molecule has 40 heavy (non-hydrogen) atoms. The van der Waals surface area contributed by atoms with Crippen LogP contribution in [0.4, 0.5) is 0 Å². The van der Waals surface area contributed by atoms with Gasteiger partial charge in [0.15, 0.2) is 17.6 Å². The van der Waals surface area contributed by atoms with E-state index in [0.29, 0.717) is 42.1 Å². The van der Waals surface area contributed by atoms with Crippen LogP contribution in [0.2, 0.25) is 0 Å². The third kappa shape index (κ3) is 4.26. The van der Waals surface area contributed by atoms with Crippen LogP contribution in [-0.4, -0.2) is 66.9 Å². The summed E-state index contributed by atoms with van der Waals surface area (Å²) in [6.45, 7) is 0.864. The molecule has 6 rings (SSSR count). The molecule has 0 amide bonds. The summed E-state index contributed by atoms with van der Waals surface area (Å²) in [5, 5.41) is 12.3. The number of carbonyl (C=O) groups excluding carboxylic acids is 2. The van der Waals surface area contributed by atoms with Crippen molar-refractivity contribution in [2.45, 2.75) is 54.9 Å². The molecule has 2 bridgehead atoms. The summed E-state index contributed by atoms with van der Waals surface area (Å²) in [7, 11) is 3.62. The molecule has 3 N–H and O–H groups in total. The molecule has 4 aliphatic rings. The van der Waals surface area contributed by atoms with Gasteiger partial charge in [0.1, 0.15) is 5.76 Å². The quantitative estimate of drug-likeness (QED) is 0.467. The number of likely N-dealkylation sites (tertiary alicyclic amines) is 1. The zero-order valence-corrected chi connectivity index (χ0v) is 24.0. The smallest absolute Gasteiger partial charge is 0.357 e. The van der Waals surface area contributed by atoms with E-state index >= 15 is 0 Å². The molecule has 2 aromatic rings. The molecule has 0 radical (unpaired) electrons. The Hall–Kier alpha value is -2.82. The van der Waals surface area contributed by atoms with Crippen molar-refractivity contribution in [2.24, 2.45) is 5.73 Å². The van der Waals surface area contributed by atoms with E-state index in [1.54, 1.807) is 37.5 Å². The maximum Gasteiger partial charge on any atom is 0.357 e. The lowest BCUT2D eigenvalue weighted by Gasteiger charge is -2.61. The highest BCUT2D eigenvalue weighted by Gasteiger charge is 2.72. The minimum absolute atomic E-state index is 0. The molecule has 0 unspecified atom stereocenters. The number of likely N-dealkylation sites (N-methyl/N-ethyl adjacent to an activating group) is 1. The molecule has 2 heterocycles. The van der Waals surface area contributed by atoms with Gasteiger partial charge >= 0.3 is 11.9 Å². The molecule has 1 saturated heterocycles. The molecule has 2 aliphatic carbocycles. The number of esters is 2. The molecular formula is C29H34Cl2N2O7. The van der Waals surface area contributed by atoms with Gasteiger partial charge in [-0.05, 0) is 44.1 Å². The van der Waals surface area contributed by atoms with E-state index in [0.717, 1.165) is 17.7 Å². The number of piperidine rings is 1. The largest absolute Gasteiger partial charge is 0.493 e. The van der Waals surface area contributed by atoms with E-state index in [4.69, 9.17) is 24.7 Å². The fourth-order valence-corrected chi connectivity index (χ4v) is 6.95. The maximum atomic E-state index is 13.6. The first-order valence-electron chi connectivity index (χ1n) is 13.0. The van der Waals surface area contributed by atoms with Gasteiger partial charge in [-0.3, -0.25) is 4.79 Å². The van der Waals surface area contributed by atoms with Gasteiger partial charge in [-0.25, -0.2) is 4.79 Å². The lowest BCUT2D eigenvalue weighted by molar-refractivity contribution is -0.176. The first kappa shape index (κ1) is 30.1. The lowest BCUT2D eigenvalue weighted by Crippen LogP contribution is -2.74. The van der Waals surface area contributed by atoms with E-state index in [-0.39, 0.29) is 43.8 Å². The number of nitrogens with two attached hydrogens (primary N) is 1. The SMILES string of the molecule is COc1ccc2c3c1O[C@H]1C(OC(=O)[C@H](OC(=O)CCN)c4ccccc4)=CC[C@@]4(O)[C@H](C2)N(C)CC[C@]314.Cl.Cl. The Kier molecular flexibility index (Phi) is 8.45. The van der Waals surface area contributed by atoms with Gasteiger partial charge in [-0.2, -0.15) is 0 Å². The number of rotatable bonds is 7. The van der Waals surface area contributed by atoms with Crippen molar-refractivity contribution < 1.29 is 33.6 Å². The number of hydrogen-bond acceptors (Lipinski definition) is 9. The Morgan fingerprint density at radius 2 is 1.95 bits per heavy atom. The van der Waals surface area contributed by atoms with Crippen LogP contribution in [0.1, 0.15) is 42.1 Å². The minimum atomic E-state index is -1.26. The van der Waals surface area contributed by atoms with Crippen molar-refractivity contribution >= 4 is 36.8 Å². The number of methoxy groups -OCH3 is 1. The van der Waals surface area contributed by atoms with E-state index in [1.165, 1.54) is 0 Å². The highest BCUT2D eigenvalue weighted by atomic mass is 35.5. The Labute approximate surface area is 245 Å². The van der Waals surface area contributed by atoms with E-state index in [2.05, 4.69) is 4.90 Å². The predicted molar refractivity (Wildman–Crippen MR) is 151 cm³/mol. The van der Waals surface area contributed by atoms with Crippen LogP contribution in [0.5, 0.6) is 11.5 Å². The van der Waals surface area contributed by atoms with Gasteiger partial charge in [0.25, 0.3) is 0 Å². The Balaban J connectivity index is 0.00000185. The van der Waals surface area contributed by atoms with Crippen LogP contribution in [-0.2, 0) is 30.9 Å².